The fourth-order valence-corrected chi connectivity index (χ4v) is 3.61. The minimum Gasteiger partial charge on any atom is -0.490 e. The third kappa shape index (κ3) is 8.17. The molecule has 2 atom stereocenters. The van der Waals surface area contributed by atoms with Gasteiger partial charge in [0.05, 0.1) is 0 Å². The second-order valence-corrected chi connectivity index (χ2v) is 8.58. The third-order valence-corrected chi connectivity index (χ3v) is 5.47. The average Bonchev–Trinajstić information content (AvgIpc) is 2.88. The van der Waals surface area contributed by atoms with E-state index < -0.39 is 6.29 Å². The van der Waals surface area contributed by atoms with Gasteiger partial charge in [0.25, 0.3) is 0 Å². The zero-order chi connectivity index (χ0) is 26.0. The zero-order valence-corrected chi connectivity index (χ0v) is 20.5. The number of benzene rings is 4. The van der Waals surface area contributed by atoms with Crippen molar-refractivity contribution in [2.75, 3.05) is 29.5 Å². The Labute approximate surface area is 216 Å². The number of anilines is 4. The van der Waals surface area contributed by atoms with Crippen LogP contribution < -0.4 is 41.9 Å². The molecule has 0 aliphatic heterocycles. The Morgan fingerprint density at radius 1 is 0.486 bits per heavy atom. The molecule has 0 spiro atoms. The molecule has 0 radical (unpaired) electrons. The average molecular weight is 501 g/mol. The number of nitrogens with two attached hydrogens (primary N) is 4. The number of hydrogen-bond donors (Lipinski definition) is 4. The first kappa shape index (κ1) is 25.4. The molecule has 8 nitrogen and oxygen atoms in total. The molecule has 4 rings (SSSR count). The topological polar surface area (TPSA) is 141 Å². The van der Waals surface area contributed by atoms with Crippen LogP contribution in [0.15, 0.2) is 97.1 Å². The molecule has 0 aliphatic carbocycles. The monoisotopic (exact) mass is 500 g/mol. The summed E-state index contributed by atoms with van der Waals surface area (Å²) >= 11 is 0. The molecule has 192 valence electrons. The van der Waals surface area contributed by atoms with Gasteiger partial charge in [0.1, 0.15) is 35.7 Å². The van der Waals surface area contributed by atoms with Gasteiger partial charge in [-0.25, -0.2) is 0 Å². The minimum atomic E-state index is -0.615. The van der Waals surface area contributed by atoms with E-state index in [4.69, 9.17) is 41.9 Å². The van der Waals surface area contributed by atoms with Crippen molar-refractivity contribution in [1.29, 1.82) is 0 Å². The van der Waals surface area contributed by atoms with Gasteiger partial charge in [-0.3, -0.25) is 0 Å². The summed E-state index contributed by atoms with van der Waals surface area (Å²) in [6.07, 6.45) is 0.135. The van der Waals surface area contributed by atoms with Gasteiger partial charge in [0, 0.05) is 41.3 Å². The van der Waals surface area contributed by atoms with Gasteiger partial charge < -0.3 is 41.9 Å². The van der Waals surface area contributed by atoms with Gasteiger partial charge in [-0.05, 0) is 79.2 Å². The smallest absolute Gasteiger partial charge is 0.241 e. The lowest BCUT2D eigenvalue weighted by molar-refractivity contribution is -0.0122. The lowest BCUT2D eigenvalue weighted by Crippen LogP contribution is -2.30. The molecule has 0 saturated carbocycles. The van der Waals surface area contributed by atoms with Crippen molar-refractivity contribution in [2.24, 2.45) is 0 Å². The zero-order valence-electron chi connectivity index (χ0n) is 20.5. The molecular formula is C29H32N4O4. The Kier molecular flexibility index (Phi) is 8.44. The van der Waals surface area contributed by atoms with Crippen molar-refractivity contribution >= 4 is 22.7 Å². The van der Waals surface area contributed by atoms with E-state index in [1.807, 2.05) is 42.5 Å². The molecule has 37 heavy (non-hydrogen) atoms. The number of ether oxygens (including phenoxy) is 4. The summed E-state index contributed by atoms with van der Waals surface area (Å²) in [5.74, 6) is 2.59. The molecule has 4 aromatic carbocycles. The van der Waals surface area contributed by atoms with Crippen LogP contribution in [-0.4, -0.2) is 19.0 Å². The third-order valence-electron chi connectivity index (χ3n) is 5.47. The summed E-state index contributed by atoms with van der Waals surface area (Å²) in [5, 5.41) is 0. The predicted molar refractivity (Wildman–Crippen MR) is 148 cm³/mol. The maximum absolute atomic E-state index is 6.25. The van der Waals surface area contributed by atoms with Crippen molar-refractivity contribution in [3.8, 4) is 23.0 Å². The summed E-state index contributed by atoms with van der Waals surface area (Å²) in [7, 11) is 0. The maximum Gasteiger partial charge on any atom is 0.241 e. The molecule has 0 aromatic heterocycles. The highest BCUT2D eigenvalue weighted by molar-refractivity contribution is 5.45. The molecule has 2 unspecified atom stereocenters. The van der Waals surface area contributed by atoms with E-state index in [-0.39, 0.29) is 6.10 Å². The molecule has 0 amide bonds. The Balaban J connectivity index is 1.48. The standard InChI is InChI=1S/C29H32N4O4/c30-20-7-11-24(12-8-20)35-28(19-34-26-5-1-3-22(32)17-26)15-16-29(36-25-13-9-21(31)10-14-25)37-27-6-2-4-23(33)18-27/h1-14,17-18,28-29H,15-16,19,30-33H2. The van der Waals surface area contributed by atoms with Crippen LogP contribution in [0.1, 0.15) is 12.8 Å². The fourth-order valence-electron chi connectivity index (χ4n) is 3.61. The normalized spacial score (nSPS) is 12.3. The minimum absolute atomic E-state index is 0.292. The first-order chi connectivity index (χ1) is 17.9. The van der Waals surface area contributed by atoms with Gasteiger partial charge in [-0.1, -0.05) is 12.1 Å². The molecule has 8 heteroatoms. The highest BCUT2D eigenvalue weighted by Crippen LogP contribution is 2.24. The van der Waals surface area contributed by atoms with Gasteiger partial charge in [0.2, 0.25) is 6.29 Å². The van der Waals surface area contributed by atoms with Crippen LogP contribution >= 0.6 is 0 Å². The Bertz CT molecular complexity index is 1270. The number of hydrogen-bond acceptors (Lipinski definition) is 8. The highest BCUT2D eigenvalue weighted by Gasteiger charge is 2.19. The molecular weight excluding hydrogens is 468 g/mol. The van der Waals surface area contributed by atoms with Crippen molar-refractivity contribution in [2.45, 2.75) is 25.2 Å². The lowest BCUT2D eigenvalue weighted by Gasteiger charge is -2.24. The molecule has 0 heterocycles. The van der Waals surface area contributed by atoms with Gasteiger partial charge in [-0.2, -0.15) is 0 Å². The van der Waals surface area contributed by atoms with Crippen molar-refractivity contribution < 1.29 is 18.9 Å². The van der Waals surface area contributed by atoms with Crippen LogP contribution in [0.5, 0.6) is 23.0 Å². The van der Waals surface area contributed by atoms with Gasteiger partial charge in [0.15, 0.2) is 0 Å². The molecule has 0 fully saturated rings. The van der Waals surface area contributed by atoms with Crippen molar-refractivity contribution in [3.63, 3.8) is 0 Å². The summed E-state index contributed by atoms with van der Waals surface area (Å²) in [5.41, 5.74) is 26.0. The van der Waals surface area contributed by atoms with E-state index in [0.717, 1.165) is 0 Å². The van der Waals surface area contributed by atoms with Crippen LogP contribution in [0.2, 0.25) is 0 Å². The Morgan fingerprint density at radius 3 is 1.59 bits per heavy atom. The first-order valence-electron chi connectivity index (χ1n) is 12.0. The summed E-state index contributed by atoms with van der Waals surface area (Å²) in [6, 6.07) is 28.9. The summed E-state index contributed by atoms with van der Waals surface area (Å²) in [6.45, 7) is 0.292. The van der Waals surface area contributed by atoms with E-state index in [1.165, 1.54) is 0 Å². The second kappa shape index (κ2) is 12.3. The van der Waals surface area contributed by atoms with E-state index >= 15 is 0 Å². The van der Waals surface area contributed by atoms with Crippen LogP contribution in [0.25, 0.3) is 0 Å². The molecule has 0 saturated heterocycles. The quantitative estimate of drug-likeness (QED) is 0.155. The first-order valence-corrected chi connectivity index (χ1v) is 12.0. The van der Waals surface area contributed by atoms with Crippen molar-refractivity contribution in [3.05, 3.63) is 97.1 Å². The summed E-state index contributed by atoms with van der Waals surface area (Å²) in [4.78, 5) is 0. The highest BCUT2D eigenvalue weighted by atomic mass is 16.7. The van der Waals surface area contributed by atoms with E-state index in [0.29, 0.717) is 65.2 Å². The predicted octanol–water partition coefficient (Wildman–Crippen LogP) is 5.11. The molecule has 0 aliphatic rings. The van der Waals surface area contributed by atoms with Crippen LogP contribution in [-0.2, 0) is 0 Å². The van der Waals surface area contributed by atoms with Crippen LogP contribution in [0, 0.1) is 0 Å². The summed E-state index contributed by atoms with van der Waals surface area (Å²) < 4.78 is 24.6. The van der Waals surface area contributed by atoms with Crippen LogP contribution in [0.3, 0.4) is 0 Å². The van der Waals surface area contributed by atoms with E-state index in [1.54, 1.807) is 54.6 Å². The fraction of sp³-hybridized carbons (Fsp3) is 0.172. The maximum atomic E-state index is 6.25. The van der Waals surface area contributed by atoms with Gasteiger partial charge >= 0.3 is 0 Å². The number of nitrogen functional groups attached to an aromatic ring is 4. The second-order valence-electron chi connectivity index (χ2n) is 8.58. The van der Waals surface area contributed by atoms with Gasteiger partial charge in [-0.15, -0.1) is 0 Å². The van der Waals surface area contributed by atoms with E-state index in [9.17, 15) is 0 Å². The lowest BCUT2D eigenvalue weighted by atomic mass is 10.2. The molecule has 4 aromatic rings. The van der Waals surface area contributed by atoms with E-state index in [2.05, 4.69) is 0 Å². The SMILES string of the molecule is Nc1ccc(OC(CCC(Oc2ccc(N)cc2)Oc2cccc(N)c2)COc2cccc(N)c2)cc1. The molecule has 0 bridgehead atoms. The van der Waals surface area contributed by atoms with Crippen molar-refractivity contribution in [1.82, 2.24) is 0 Å². The largest absolute Gasteiger partial charge is 0.490 e. The Morgan fingerprint density at radius 2 is 1.00 bits per heavy atom. The number of rotatable bonds is 12. The van der Waals surface area contributed by atoms with Crippen LogP contribution in [0.4, 0.5) is 22.7 Å². The molecule has 8 N–H and O–H groups in total. The Hall–Kier alpha value is -4.72.